The Balaban J connectivity index is 1.52. The van der Waals surface area contributed by atoms with Crippen LogP contribution in [-0.4, -0.2) is 36.3 Å². The zero-order chi connectivity index (χ0) is 21.1. The predicted molar refractivity (Wildman–Crippen MR) is 116 cm³/mol. The summed E-state index contributed by atoms with van der Waals surface area (Å²) in [5.74, 6) is 0.884. The van der Waals surface area contributed by atoms with Crippen LogP contribution in [0.3, 0.4) is 0 Å². The van der Waals surface area contributed by atoms with E-state index in [2.05, 4.69) is 34.1 Å². The van der Waals surface area contributed by atoms with E-state index in [0.29, 0.717) is 28.8 Å². The molecule has 152 valence electrons. The second-order valence-corrected chi connectivity index (χ2v) is 8.21. The van der Waals surface area contributed by atoms with Gasteiger partial charge in [-0.25, -0.2) is 0 Å². The van der Waals surface area contributed by atoms with Gasteiger partial charge in [0.1, 0.15) is 5.69 Å². The number of hydrogen-bond acceptors (Lipinski definition) is 6. The largest absolute Gasteiger partial charge is 0.293 e. The Hall–Kier alpha value is -3.26. The van der Waals surface area contributed by atoms with Crippen molar-refractivity contribution in [1.82, 2.24) is 24.8 Å². The third kappa shape index (κ3) is 4.33. The smallest absolute Gasteiger partial charge is 0.274 e. The average Bonchev–Trinajstić information content (AvgIpc) is 3.14. The van der Waals surface area contributed by atoms with Crippen LogP contribution in [0.1, 0.15) is 46.9 Å². The van der Waals surface area contributed by atoms with E-state index in [9.17, 15) is 9.59 Å². The minimum absolute atomic E-state index is 0.000916. The molecule has 7 nitrogen and oxygen atoms in total. The van der Waals surface area contributed by atoms with Crippen molar-refractivity contribution in [2.45, 2.75) is 31.3 Å². The summed E-state index contributed by atoms with van der Waals surface area (Å²) in [6.07, 6.45) is 0.398. The number of hydrogen-bond donors (Lipinski definition) is 1. The molecule has 0 atom stereocenters. The summed E-state index contributed by atoms with van der Waals surface area (Å²) in [6.45, 7) is 4.24. The summed E-state index contributed by atoms with van der Waals surface area (Å²) >= 11 is 1.25. The molecule has 0 aliphatic rings. The molecule has 0 bridgehead atoms. The lowest BCUT2D eigenvalue weighted by Crippen LogP contribution is -2.19. The molecule has 0 saturated heterocycles. The SMILES string of the molecule is CC(C)c1ccc(C(=O)CSc2nnc3[nH]c(=O)c(Cc4ccccc4)nn23)cc1. The van der Waals surface area contributed by atoms with Crippen LogP contribution in [0.5, 0.6) is 0 Å². The zero-order valence-electron chi connectivity index (χ0n) is 16.7. The van der Waals surface area contributed by atoms with E-state index in [1.54, 1.807) is 0 Å². The first-order valence-electron chi connectivity index (χ1n) is 9.66. The van der Waals surface area contributed by atoms with Gasteiger partial charge >= 0.3 is 0 Å². The Kier molecular flexibility index (Phi) is 5.76. The van der Waals surface area contributed by atoms with Gasteiger partial charge in [-0.1, -0.05) is 80.2 Å². The fourth-order valence-electron chi connectivity index (χ4n) is 3.04. The number of aromatic amines is 1. The van der Waals surface area contributed by atoms with E-state index in [1.807, 2.05) is 54.6 Å². The average molecular weight is 420 g/mol. The highest BCUT2D eigenvalue weighted by molar-refractivity contribution is 7.99. The fourth-order valence-corrected chi connectivity index (χ4v) is 3.81. The van der Waals surface area contributed by atoms with Crippen molar-refractivity contribution in [1.29, 1.82) is 0 Å². The monoisotopic (exact) mass is 419 g/mol. The number of nitrogens with zero attached hydrogens (tertiary/aromatic N) is 4. The van der Waals surface area contributed by atoms with Crippen molar-refractivity contribution in [2.75, 3.05) is 5.75 Å². The molecule has 2 aromatic carbocycles. The van der Waals surface area contributed by atoms with Gasteiger partial charge in [0.05, 0.1) is 5.75 Å². The molecular formula is C22H21N5O2S. The van der Waals surface area contributed by atoms with E-state index in [-0.39, 0.29) is 22.9 Å². The molecule has 4 aromatic rings. The fraction of sp³-hybridized carbons (Fsp3) is 0.227. The van der Waals surface area contributed by atoms with Crippen LogP contribution < -0.4 is 5.56 Å². The number of H-pyrrole nitrogens is 1. The summed E-state index contributed by atoms with van der Waals surface area (Å²) in [4.78, 5) is 27.6. The molecule has 0 aliphatic carbocycles. The van der Waals surface area contributed by atoms with E-state index in [4.69, 9.17) is 0 Å². The minimum atomic E-state index is -0.295. The molecule has 0 radical (unpaired) electrons. The highest BCUT2D eigenvalue weighted by atomic mass is 32.2. The van der Waals surface area contributed by atoms with Crippen LogP contribution in [0.2, 0.25) is 0 Å². The highest BCUT2D eigenvalue weighted by Gasteiger charge is 2.15. The molecule has 1 N–H and O–H groups in total. The lowest BCUT2D eigenvalue weighted by Gasteiger charge is -2.06. The zero-order valence-corrected chi connectivity index (χ0v) is 17.5. The maximum absolute atomic E-state index is 12.6. The molecule has 0 fully saturated rings. The number of thioether (sulfide) groups is 1. The van der Waals surface area contributed by atoms with Gasteiger partial charge < -0.3 is 0 Å². The van der Waals surface area contributed by atoms with E-state index < -0.39 is 0 Å². The number of carbonyl (C=O) groups is 1. The summed E-state index contributed by atoms with van der Waals surface area (Å²) in [7, 11) is 0. The molecular weight excluding hydrogens is 398 g/mol. The molecule has 2 aromatic heterocycles. The molecule has 0 saturated carbocycles. The van der Waals surface area contributed by atoms with Crippen molar-refractivity contribution in [2.24, 2.45) is 0 Å². The first-order chi connectivity index (χ1) is 14.5. The molecule has 0 aliphatic heterocycles. The number of carbonyl (C=O) groups excluding carboxylic acids is 1. The number of benzene rings is 2. The van der Waals surface area contributed by atoms with E-state index in [1.165, 1.54) is 21.8 Å². The Bertz CT molecular complexity index is 1230. The number of nitrogens with one attached hydrogen (secondary N) is 1. The first-order valence-corrected chi connectivity index (χ1v) is 10.6. The van der Waals surface area contributed by atoms with Crippen molar-refractivity contribution in [3.8, 4) is 0 Å². The number of ketones is 1. The number of fused-ring (bicyclic) bond motifs is 1. The first kappa shape index (κ1) is 20.0. The lowest BCUT2D eigenvalue weighted by atomic mass is 10.0. The Morgan fingerprint density at radius 1 is 1.07 bits per heavy atom. The lowest BCUT2D eigenvalue weighted by molar-refractivity contribution is 0.102. The Morgan fingerprint density at radius 2 is 1.80 bits per heavy atom. The van der Waals surface area contributed by atoms with Crippen molar-refractivity contribution in [3.05, 3.63) is 87.3 Å². The maximum atomic E-state index is 12.6. The highest BCUT2D eigenvalue weighted by Crippen LogP contribution is 2.19. The Labute approximate surface area is 177 Å². The molecule has 8 heteroatoms. The second kappa shape index (κ2) is 8.62. The van der Waals surface area contributed by atoms with Crippen LogP contribution in [0.4, 0.5) is 0 Å². The van der Waals surface area contributed by atoms with Gasteiger partial charge in [-0.3, -0.25) is 14.6 Å². The summed E-state index contributed by atoms with van der Waals surface area (Å²) in [6, 6.07) is 17.3. The molecule has 30 heavy (non-hydrogen) atoms. The second-order valence-electron chi connectivity index (χ2n) is 7.27. The van der Waals surface area contributed by atoms with Gasteiger partial charge in [0.2, 0.25) is 5.16 Å². The summed E-state index contributed by atoms with van der Waals surface area (Å²) < 4.78 is 1.49. The molecule has 0 unspecified atom stereocenters. The number of Topliss-reactive ketones (excluding diaryl/α,β-unsaturated/α-hetero) is 1. The molecule has 4 rings (SSSR count). The van der Waals surface area contributed by atoms with Crippen molar-refractivity contribution >= 4 is 23.3 Å². The van der Waals surface area contributed by atoms with Crippen LogP contribution in [-0.2, 0) is 6.42 Å². The summed E-state index contributed by atoms with van der Waals surface area (Å²) in [5.41, 5.74) is 2.91. The van der Waals surface area contributed by atoms with Crippen molar-refractivity contribution < 1.29 is 4.79 Å². The third-order valence-corrected chi connectivity index (χ3v) is 5.69. The molecule has 2 heterocycles. The normalized spacial score (nSPS) is 11.3. The van der Waals surface area contributed by atoms with Gasteiger partial charge in [0.25, 0.3) is 11.3 Å². The van der Waals surface area contributed by atoms with Crippen molar-refractivity contribution in [3.63, 3.8) is 0 Å². The quantitative estimate of drug-likeness (QED) is 0.364. The summed E-state index contributed by atoms with van der Waals surface area (Å²) in [5, 5.41) is 12.9. The van der Waals surface area contributed by atoms with Crippen LogP contribution in [0.25, 0.3) is 5.78 Å². The number of rotatable bonds is 7. The van der Waals surface area contributed by atoms with Gasteiger partial charge in [-0.15, -0.1) is 10.2 Å². The van der Waals surface area contributed by atoms with Crippen LogP contribution >= 0.6 is 11.8 Å². The number of aromatic nitrogens is 5. The van der Waals surface area contributed by atoms with E-state index >= 15 is 0 Å². The standard InChI is InChI=1S/C22H21N5O2S/c1-14(2)16-8-10-17(11-9-16)19(28)13-30-22-25-24-21-23-20(29)18(26-27(21)22)12-15-6-4-3-5-7-15/h3-11,14H,12-13H2,1-2H3,(H,23,24,29). The predicted octanol–water partition coefficient (Wildman–Crippen LogP) is 3.50. The maximum Gasteiger partial charge on any atom is 0.274 e. The minimum Gasteiger partial charge on any atom is -0.293 e. The third-order valence-electron chi connectivity index (χ3n) is 4.77. The Morgan fingerprint density at radius 3 is 2.50 bits per heavy atom. The molecule has 0 amide bonds. The van der Waals surface area contributed by atoms with Crippen LogP contribution in [0.15, 0.2) is 64.5 Å². The van der Waals surface area contributed by atoms with Gasteiger partial charge in [0.15, 0.2) is 5.78 Å². The van der Waals surface area contributed by atoms with E-state index in [0.717, 1.165) is 5.56 Å². The van der Waals surface area contributed by atoms with Gasteiger partial charge in [-0.05, 0) is 17.0 Å². The van der Waals surface area contributed by atoms with Gasteiger partial charge in [-0.2, -0.15) is 9.61 Å². The van der Waals surface area contributed by atoms with Gasteiger partial charge in [0, 0.05) is 12.0 Å². The molecule has 0 spiro atoms. The van der Waals surface area contributed by atoms with Crippen LogP contribution in [0, 0.1) is 0 Å². The topological polar surface area (TPSA) is 93.0 Å².